The van der Waals surface area contributed by atoms with Gasteiger partial charge in [-0.25, -0.2) is 14.4 Å². The molecule has 0 bridgehead atoms. The molecule has 0 radical (unpaired) electrons. The molecule has 32 heavy (non-hydrogen) atoms. The molecular formula is C22H23ClFN5O2S. The summed E-state index contributed by atoms with van der Waals surface area (Å²) < 4.78 is 14.0. The van der Waals surface area contributed by atoms with Crippen molar-refractivity contribution >= 4 is 39.9 Å². The lowest BCUT2D eigenvalue weighted by atomic mass is 9.98. The molecule has 3 aromatic heterocycles. The van der Waals surface area contributed by atoms with Gasteiger partial charge in [0, 0.05) is 6.20 Å². The van der Waals surface area contributed by atoms with Crippen molar-refractivity contribution in [2.75, 3.05) is 0 Å². The quantitative estimate of drug-likeness (QED) is 0.378. The number of H-pyrrole nitrogens is 1. The normalized spacial score (nSPS) is 13.6. The Morgan fingerprint density at radius 1 is 1.19 bits per heavy atom. The van der Waals surface area contributed by atoms with Crippen LogP contribution in [0.1, 0.15) is 41.9 Å². The third-order valence-electron chi connectivity index (χ3n) is 4.68. The standard InChI is InChI=1S/C12H8FN3.C6H12O.C4H3ClN2OS/c13-9-4-2-1-3-8(9)12-15-10-5-6-14-7-11(10)16-12;7-6-4-2-1-3-5-6;5-2-1-7-4(9-2)3(6)8/h1-7H,(H,15,16);6-7H,1-5H2;1H,(H2,6,8). The number of nitrogens with zero attached hydrogens (tertiary/aromatic N) is 3. The Hall–Kier alpha value is -2.88. The van der Waals surface area contributed by atoms with Gasteiger partial charge in [0.1, 0.15) is 16.0 Å². The van der Waals surface area contributed by atoms with Gasteiger partial charge in [-0.1, -0.05) is 54.3 Å². The van der Waals surface area contributed by atoms with Crippen LogP contribution in [0.4, 0.5) is 4.39 Å². The second-order valence-corrected chi connectivity index (χ2v) is 8.75. The summed E-state index contributed by atoms with van der Waals surface area (Å²) in [6.45, 7) is 0. The van der Waals surface area contributed by atoms with Gasteiger partial charge in [0.05, 0.1) is 35.1 Å². The van der Waals surface area contributed by atoms with E-state index in [-0.39, 0.29) is 16.9 Å². The van der Waals surface area contributed by atoms with Crippen molar-refractivity contribution < 1.29 is 14.3 Å². The van der Waals surface area contributed by atoms with Crippen LogP contribution in [0, 0.1) is 5.82 Å². The van der Waals surface area contributed by atoms with E-state index in [1.54, 1.807) is 36.7 Å². The lowest BCUT2D eigenvalue weighted by Gasteiger charge is -2.14. The fourth-order valence-corrected chi connectivity index (χ4v) is 3.85. The van der Waals surface area contributed by atoms with Gasteiger partial charge in [0.2, 0.25) is 0 Å². The minimum absolute atomic E-state index is 0.0359. The molecule has 0 spiro atoms. The number of halogens is 2. The second-order valence-electron chi connectivity index (χ2n) is 7.08. The van der Waals surface area contributed by atoms with Gasteiger partial charge in [0.25, 0.3) is 5.91 Å². The summed E-state index contributed by atoms with van der Waals surface area (Å²) in [5.74, 6) is -0.289. The molecule has 1 aliphatic carbocycles. The first-order chi connectivity index (χ1) is 15.4. The van der Waals surface area contributed by atoms with Crippen molar-refractivity contribution in [3.05, 3.63) is 64.1 Å². The third-order valence-corrected chi connectivity index (χ3v) is 5.80. The van der Waals surface area contributed by atoms with E-state index in [0.717, 1.165) is 35.2 Å². The van der Waals surface area contributed by atoms with Crippen LogP contribution in [-0.4, -0.2) is 37.1 Å². The van der Waals surface area contributed by atoms with Crippen LogP contribution >= 0.6 is 22.9 Å². The van der Waals surface area contributed by atoms with Crippen molar-refractivity contribution in [2.45, 2.75) is 38.2 Å². The SMILES string of the molecule is Fc1ccccc1-c1nc2ccncc2[nH]1.NC(=O)c1ncc(Cl)s1.OC1CCCCC1. The summed E-state index contributed by atoms with van der Waals surface area (Å²) in [5.41, 5.74) is 6.94. The number of rotatable bonds is 2. The van der Waals surface area contributed by atoms with Gasteiger partial charge >= 0.3 is 0 Å². The van der Waals surface area contributed by atoms with Crippen molar-refractivity contribution in [2.24, 2.45) is 5.73 Å². The Labute approximate surface area is 193 Å². The van der Waals surface area contributed by atoms with E-state index in [9.17, 15) is 9.18 Å². The zero-order valence-corrected chi connectivity index (χ0v) is 18.7. The molecule has 0 aliphatic heterocycles. The molecule has 168 valence electrons. The van der Waals surface area contributed by atoms with Gasteiger partial charge in [-0.15, -0.1) is 0 Å². The van der Waals surface area contributed by atoms with Crippen molar-refractivity contribution in [3.63, 3.8) is 0 Å². The van der Waals surface area contributed by atoms with E-state index in [4.69, 9.17) is 22.4 Å². The van der Waals surface area contributed by atoms with Crippen molar-refractivity contribution in [1.82, 2.24) is 19.9 Å². The van der Waals surface area contributed by atoms with Crippen LogP contribution in [0.25, 0.3) is 22.4 Å². The molecule has 4 N–H and O–H groups in total. The van der Waals surface area contributed by atoms with Crippen molar-refractivity contribution in [1.29, 1.82) is 0 Å². The first-order valence-electron chi connectivity index (χ1n) is 10.1. The van der Waals surface area contributed by atoms with E-state index in [0.29, 0.717) is 15.7 Å². The zero-order valence-electron chi connectivity index (χ0n) is 17.2. The predicted octanol–water partition coefficient (Wildman–Crippen LogP) is 4.97. The number of carbonyl (C=O) groups excluding carboxylic acids is 1. The second kappa shape index (κ2) is 11.7. The topological polar surface area (TPSA) is 118 Å². The summed E-state index contributed by atoms with van der Waals surface area (Å²) in [6, 6.07) is 8.34. The highest BCUT2D eigenvalue weighted by molar-refractivity contribution is 7.17. The van der Waals surface area contributed by atoms with Gasteiger partial charge in [-0.05, 0) is 31.0 Å². The maximum atomic E-state index is 13.5. The number of fused-ring (bicyclic) bond motifs is 1. The van der Waals surface area contributed by atoms with E-state index >= 15 is 0 Å². The monoisotopic (exact) mass is 475 g/mol. The molecule has 1 aliphatic rings. The lowest BCUT2D eigenvalue weighted by molar-refractivity contribution is 0.1000. The summed E-state index contributed by atoms with van der Waals surface area (Å²) in [4.78, 5) is 25.3. The Morgan fingerprint density at radius 2 is 1.94 bits per heavy atom. The van der Waals surface area contributed by atoms with Gasteiger partial charge < -0.3 is 15.8 Å². The number of hydrogen-bond donors (Lipinski definition) is 3. The first-order valence-corrected chi connectivity index (χ1v) is 11.3. The Bertz CT molecular complexity index is 1130. The summed E-state index contributed by atoms with van der Waals surface area (Å²) in [7, 11) is 0. The molecule has 10 heteroatoms. The smallest absolute Gasteiger partial charge is 0.277 e. The number of aliphatic hydroxyl groups is 1. The Balaban J connectivity index is 0.000000153. The number of amides is 1. The molecule has 7 nitrogen and oxygen atoms in total. The number of nitrogens with one attached hydrogen (secondary N) is 1. The number of carbonyl (C=O) groups is 1. The molecule has 0 unspecified atom stereocenters. The molecule has 3 heterocycles. The largest absolute Gasteiger partial charge is 0.393 e. The predicted molar refractivity (Wildman–Crippen MR) is 124 cm³/mol. The fraction of sp³-hybridized carbons (Fsp3) is 0.273. The molecule has 0 saturated heterocycles. The number of aromatic nitrogens is 4. The number of aliphatic hydroxyl groups excluding tert-OH is 1. The molecule has 1 amide bonds. The number of hydrogen-bond acceptors (Lipinski definition) is 6. The number of primary amides is 1. The highest BCUT2D eigenvalue weighted by Crippen LogP contribution is 2.22. The zero-order chi connectivity index (χ0) is 22.9. The molecule has 4 aromatic rings. The van der Waals surface area contributed by atoms with Gasteiger partial charge in [-0.2, -0.15) is 0 Å². The summed E-state index contributed by atoms with van der Waals surface area (Å²) >= 11 is 6.53. The van der Waals surface area contributed by atoms with Gasteiger partial charge in [0.15, 0.2) is 5.01 Å². The number of thiazole rings is 1. The summed E-state index contributed by atoms with van der Waals surface area (Å²) in [6.07, 6.45) is 10.7. The average molecular weight is 476 g/mol. The first kappa shape index (κ1) is 23.8. The number of nitrogens with two attached hydrogens (primary N) is 1. The molecular weight excluding hydrogens is 453 g/mol. The van der Waals surface area contributed by atoms with E-state index in [1.807, 2.05) is 0 Å². The van der Waals surface area contributed by atoms with E-state index in [1.165, 1.54) is 31.5 Å². The maximum absolute atomic E-state index is 13.5. The lowest BCUT2D eigenvalue weighted by Crippen LogP contribution is -2.09. The fourth-order valence-electron chi connectivity index (χ4n) is 3.09. The van der Waals surface area contributed by atoms with Crippen LogP contribution < -0.4 is 5.73 Å². The van der Waals surface area contributed by atoms with Crippen molar-refractivity contribution in [3.8, 4) is 11.4 Å². The third kappa shape index (κ3) is 6.81. The Kier molecular flexibility index (Phi) is 8.66. The number of aromatic amines is 1. The maximum Gasteiger partial charge on any atom is 0.277 e. The van der Waals surface area contributed by atoms with Crippen LogP contribution in [0.3, 0.4) is 0 Å². The van der Waals surface area contributed by atoms with Crippen LogP contribution in [0.5, 0.6) is 0 Å². The van der Waals surface area contributed by atoms with Crippen LogP contribution in [-0.2, 0) is 0 Å². The van der Waals surface area contributed by atoms with Crippen LogP contribution in [0.15, 0.2) is 48.9 Å². The molecule has 1 saturated carbocycles. The number of benzene rings is 1. The number of pyridine rings is 1. The van der Waals surface area contributed by atoms with Crippen LogP contribution in [0.2, 0.25) is 4.34 Å². The van der Waals surface area contributed by atoms with E-state index in [2.05, 4.69) is 19.9 Å². The highest BCUT2D eigenvalue weighted by atomic mass is 35.5. The summed E-state index contributed by atoms with van der Waals surface area (Å²) in [5, 5.41) is 9.16. The van der Waals surface area contributed by atoms with Gasteiger partial charge in [-0.3, -0.25) is 9.78 Å². The van der Waals surface area contributed by atoms with E-state index < -0.39 is 5.91 Å². The molecule has 0 atom stereocenters. The molecule has 1 fully saturated rings. The highest BCUT2D eigenvalue weighted by Gasteiger charge is 2.09. The number of imidazole rings is 1. The minimum atomic E-state index is -0.535. The molecule has 1 aromatic carbocycles. The Morgan fingerprint density at radius 3 is 2.47 bits per heavy atom. The minimum Gasteiger partial charge on any atom is -0.393 e. The molecule has 5 rings (SSSR count). The average Bonchev–Trinajstić information content (AvgIpc) is 3.42.